The summed E-state index contributed by atoms with van der Waals surface area (Å²) in [4.78, 5) is 0. The van der Waals surface area contributed by atoms with Gasteiger partial charge in [-0.15, -0.1) is 13.2 Å². The van der Waals surface area contributed by atoms with Gasteiger partial charge in [-0.1, -0.05) is 29.3 Å². The molecule has 0 aliphatic carbocycles. The summed E-state index contributed by atoms with van der Waals surface area (Å²) in [6, 6.07) is 4.93. The van der Waals surface area contributed by atoms with Crippen molar-refractivity contribution in [1.29, 1.82) is 0 Å². The molecule has 0 spiro atoms. The number of halogens is 1. The SMILES string of the molecule is [Na+].[Na+].[O-]Cc1cccc(Cl)c1C[O-]. The molecular formula is C8H7ClNa2O2. The zero-order valence-electron chi connectivity index (χ0n) is 7.84. The van der Waals surface area contributed by atoms with Crippen LogP contribution in [0.2, 0.25) is 5.02 Å². The van der Waals surface area contributed by atoms with Crippen LogP contribution in [0, 0.1) is 0 Å². The summed E-state index contributed by atoms with van der Waals surface area (Å²) in [6.07, 6.45) is 0. The predicted octanol–water partition coefficient (Wildman–Crippen LogP) is -5.93. The Morgan fingerprint density at radius 1 is 1.08 bits per heavy atom. The average Bonchev–Trinajstić information content (AvgIpc) is 2.04. The second-order valence-corrected chi connectivity index (χ2v) is 2.57. The van der Waals surface area contributed by atoms with Crippen molar-refractivity contribution in [2.24, 2.45) is 0 Å². The van der Waals surface area contributed by atoms with Gasteiger partial charge in [-0.25, -0.2) is 0 Å². The summed E-state index contributed by atoms with van der Waals surface area (Å²) >= 11 is 5.67. The van der Waals surface area contributed by atoms with E-state index >= 15 is 0 Å². The second-order valence-electron chi connectivity index (χ2n) is 2.17. The molecule has 13 heavy (non-hydrogen) atoms. The van der Waals surface area contributed by atoms with Gasteiger partial charge in [0.05, 0.1) is 0 Å². The fourth-order valence-corrected chi connectivity index (χ4v) is 1.15. The first-order valence-corrected chi connectivity index (χ1v) is 3.60. The van der Waals surface area contributed by atoms with Crippen LogP contribution >= 0.6 is 11.6 Å². The summed E-state index contributed by atoms with van der Waals surface area (Å²) in [5, 5.41) is 21.4. The standard InChI is InChI=1S/C8H7ClO2.2Na/c9-8-3-1-2-6(4-10)7(8)5-11;;/h1-3H,4-5H2;;/q-2;2*+1. The number of hydrogen-bond acceptors (Lipinski definition) is 2. The van der Waals surface area contributed by atoms with E-state index in [1.54, 1.807) is 18.2 Å². The zero-order valence-corrected chi connectivity index (χ0v) is 12.6. The largest absolute Gasteiger partial charge is 1.00 e. The molecule has 1 aromatic rings. The smallest absolute Gasteiger partial charge is 0.851 e. The van der Waals surface area contributed by atoms with E-state index in [4.69, 9.17) is 11.6 Å². The minimum absolute atomic E-state index is 0. The Morgan fingerprint density at radius 2 is 1.69 bits per heavy atom. The van der Waals surface area contributed by atoms with Gasteiger partial charge in [-0.05, 0) is 11.6 Å². The van der Waals surface area contributed by atoms with Gasteiger partial charge in [0.25, 0.3) is 0 Å². The van der Waals surface area contributed by atoms with Crippen molar-refractivity contribution in [2.45, 2.75) is 13.2 Å². The van der Waals surface area contributed by atoms with E-state index in [0.29, 0.717) is 16.1 Å². The molecule has 2 nitrogen and oxygen atoms in total. The fraction of sp³-hybridized carbons (Fsp3) is 0.250. The van der Waals surface area contributed by atoms with E-state index in [0.717, 1.165) is 0 Å². The van der Waals surface area contributed by atoms with E-state index < -0.39 is 6.61 Å². The number of hydrogen-bond donors (Lipinski definition) is 0. The van der Waals surface area contributed by atoms with Crippen LogP contribution in [0.3, 0.4) is 0 Å². The van der Waals surface area contributed by atoms with Crippen molar-refractivity contribution >= 4 is 11.6 Å². The van der Waals surface area contributed by atoms with Gasteiger partial charge in [-0.3, -0.25) is 0 Å². The van der Waals surface area contributed by atoms with Crippen LogP contribution in [0.4, 0.5) is 0 Å². The van der Waals surface area contributed by atoms with E-state index in [1.165, 1.54) is 0 Å². The van der Waals surface area contributed by atoms with Gasteiger partial charge in [0.15, 0.2) is 0 Å². The first-order chi connectivity index (χ1) is 5.29. The molecule has 0 amide bonds. The molecule has 0 atom stereocenters. The van der Waals surface area contributed by atoms with E-state index in [1.807, 2.05) is 0 Å². The molecule has 60 valence electrons. The van der Waals surface area contributed by atoms with Gasteiger partial charge < -0.3 is 10.2 Å². The molecule has 1 aromatic carbocycles. The Bertz CT molecular complexity index is 256. The van der Waals surface area contributed by atoms with Gasteiger partial charge in [-0.2, -0.15) is 0 Å². The minimum Gasteiger partial charge on any atom is -0.851 e. The van der Waals surface area contributed by atoms with Crippen LogP contribution in [0.15, 0.2) is 18.2 Å². The Morgan fingerprint density at radius 3 is 2.08 bits per heavy atom. The third-order valence-electron chi connectivity index (χ3n) is 1.52. The van der Waals surface area contributed by atoms with E-state index in [9.17, 15) is 10.2 Å². The van der Waals surface area contributed by atoms with Gasteiger partial charge in [0, 0.05) is 5.02 Å². The second kappa shape index (κ2) is 8.72. The van der Waals surface area contributed by atoms with Crippen molar-refractivity contribution in [3.8, 4) is 0 Å². The molecule has 0 aliphatic rings. The molecule has 0 N–H and O–H groups in total. The summed E-state index contributed by atoms with van der Waals surface area (Å²) in [7, 11) is 0. The minimum atomic E-state index is -0.419. The van der Waals surface area contributed by atoms with Crippen LogP contribution in [0.5, 0.6) is 0 Å². The van der Waals surface area contributed by atoms with Gasteiger partial charge in [0.1, 0.15) is 0 Å². The third-order valence-corrected chi connectivity index (χ3v) is 1.87. The summed E-state index contributed by atoms with van der Waals surface area (Å²) in [5.74, 6) is 0. The Balaban J connectivity index is 0. The predicted molar refractivity (Wildman–Crippen MR) is 38.9 cm³/mol. The number of rotatable bonds is 2. The first kappa shape index (κ1) is 16.8. The monoisotopic (exact) mass is 216 g/mol. The van der Waals surface area contributed by atoms with Crippen molar-refractivity contribution < 1.29 is 69.3 Å². The quantitative estimate of drug-likeness (QED) is 0.462. The first-order valence-electron chi connectivity index (χ1n) is 3.22. The van der Waals surface area contributed by atoms with Crippen molar-refractivity contribution in [3.05, 3.63) is 34.3 Å². The Hall–Kier alpha value is 1.43. The molecular weight excluding hydrogens is 210 g/mol. The van der Waals surface area contributed by atoms with E-state index in [-0.39, 0.29) is 65.7 Å². The van der Waals surface area contributed by atoms with Crippen molar-refractivity contribution in [1.82, 2.24) is 0 Å². The molecule has 0 heterocycles. The maximum Gasteiger partial charge on any atom is 1.00 e. The molecule has 0 bridgehead atoms. The molecule has 0 saturated heterocycles. The normalized spacial score (nSPS) is 8.54. The maximum absolute atomic E-state index is 10.5. The third kappa shape index (κ3) is 4.65. The molecule has 0 fully saturated rings. The summed E-state index contributed by atoms with van der Waals surface area (Å²) in [5.41, 5.74) is 0.941. The van der Waals surface area contributed by atoms with Gasteiger partial charge >= 0.3 is 59.1 Å². The van der Waals surface area contributed by atoms with Crippen LogP contribution in [0.1, 0.15) is 11.1 Å². The van der Waals surface area contributed by atoms with Crippen LogP contribution in [-0.4, -0.2) is 0 Å². The molecule has 0 saturated carbocycles. The molecule has 5 heteroatoms. The molecule has 0 aromatic heterocycles. The Kier molecular flexibility index (Phi) is 11.3. The number of benzene rings is 1. The Labute approximate surface area is 127 Å². The molecule has 0 radical (unpaired) electrons. The maximum atomic E-state index is 10.5. The zero-order chi connectivity index (χ0) is 8.27. The summed E-state index contributed by atoms with van der Waals surface area (Å²) in [6.45, 7) is -0.796. The van der Waals surface area contributed by atoms with Crippen molar-refractivity contribution in [2.75, 3.05) is 0 Å². The van der Waals surface area contributed by atoms with Crippen molar-refractivity contribution in [3.63, 3.8) is 0 Å². The topological polar surface area (TPSA) is 46.1 Å². The molecule has 1 rings (SSSR count). The van der Waals surface area contributed by atoms with Gasteiger partial charge in [0.2, 0.25) is 0 Å². The fourth-order valence-electron chi connectivity index (χ4n) is 0.900. The van der Waals surface area contributed by atoms with E-state index in [2.05, 4.69) is 0 Å². The molecule has 0 aliphatic heterocycles. The molecule has 0 unspecified atom stereocenters. The van der Waals surface area contributed by atoms with Crippen LogP contribution in [-0.2, 0) is 13.2 Å². The average molecular weight is 217 g/mol. The van der Waals surface area contributed by atoms with Crippen LogP contribution < -0.4 is 69.3 Å². The van der Waals surface area contributed by atoms with Crippen LogP contribution in [0.25, 0.3) is 0 Å². The summed E-state index contributed by atoms with van der Waals surface area (Å²) < 4.78 is 0.